The fourth-order valence-corrected chi connectivity index (χ4v) is 3.52. The minimum absolute atomic E-state index is 0.712. The molecule has 1 aromatic carbocycles. The van der Waals surface area contributed by atoms with Crippen LogP contribution in [0.1, 0.15) is 19.3 Å². The van der Waals surface area contributed by atoms with Gasteiger partial charge in [0.1, 0.15) is 0 Å². The van der Waals surface area contributed by atoms with Crippen LogP contribution in [0, 0.1) is 0 Å². The van der Waals surface area contributed by atoms with E-state index in [1.807, 2.05) is 0 Å². The van der Waals surface area contributed by atoms with Crippen LogP contribution < -0.4 is 15.5 Å². The minimum atomic E-state index is 0.712. The molecule has 2 fully saturated rings. The highest BCUT2D eigenvalue weighted by Gasteiger charge is 2.15. The molecule has 0 amide bonds. The van der Waals surface area contributed by atoms with E-state index in [-0.39, 0.29) is 0 Å². The van der Waals surface area contributed by atoms with Crippen LogP contribution in [-0.4, -0.2) is 62.5 Å². The molecule has 0 aromatic heterocycles. The lowest BCUT2D eigenvalue weighted by atomic mass is 10.2. The van der Waals surface area contributed by atoms with Crippen molar-refractivity contribution in [2.75, 3.05) is 62.7 Å². The van der Waals surface area contributed by atoms with Gasteiger partial charge in [0, 0.05) is 32.7 Å². The average molecular weight is 349 g/mol. The van der Waals surface area contributed by atoms with Crippen molar-refractivity contribution in [3.8, 4) is 0 Å². The third-order valence-corrected chi connectivity index (χ3v) is 4.89. The quantitative estimate of drug-likeness (QED) is 0.607. The van der Waals surface area contributed by atoms with Gasteiger partial charge in [-0.05, 0) is 50.2 Å². The van der Waals surface area contributed by atoms with E-state index in [1.165, 1.54) is 18.5 Å². The van der Waals surface area contributed by atoms with Gasteiger partial charge in [0.15, 0.2) is 5.11 Å². The molecule has 3 rings (SSSR count). The molecule has 0 aliphatic carbocycles. The Labute approximate surface area is 150 Å². The summed E-state index contributed by atoms with van der Waals surface area (Å²) in [6, 6.07) is 8.44. The van der Waals surface area contributed by atoms with Gasteiger partial charge in [0.05, 0.1) is 24.6 Å². The zero-order valence-electron chi connectivity index (χ0n) is 14.3. The number of morpholine rings is 1. The first-order chi connectivity index (χ1) is 11.8. The monoisotopic (exact) mass is 348 g/mol. The van der Waals surface area contributed by atoms with Gasteiger partial charge in [-0.1, -0.05) is 12.1 Å². The number of nitrogens with one attached hydrogen (secondary N) is 2. The Hall–Kier alpha value is -1.37. The van der Waals surface area contributed by atoms with Gasteiger partial charge in [-0.2, -0.15) is 0 Å². The summed E-state index contributed by atoms with van der Waals surface area (Å²) in [6.45, 7) is 8.09. The minimum Gasteiger partial charge on any atom is -0.379 e. The number of benzene rings is 1. The van der Waals surface area contributed by atoms with E-state index in [2.05, 4.69) is 44.7 Å². The van der Waals surface area contributed by atoms with Crippen molar-refractivity contribution in [2.24, 2.45) is 0 Å². The van der Waals surface area contributed by atoms with Gasteiger partial charge >= 0.3 is 0 Å². The predicted molar refractivity (Wildman–Crippen MR) is 104 cm³/mol. The number of ether oxygens (including phenoxy) is 1. The van der Waals surface area contributed by atoms with Crippen LogP contribution in [-0.2, 0) is 4.74 Å². The molecule has 0 atom stereocenters. The van der Waals surface area contributed by atoms with Crippen LogP contribution >= 0.6 is 12.2 Å². The van der Waals surface area contributed by atoms with Crippen molar-refractivity contribution in [2.45, 2.75) is 19.3 Å². The third kappa shape index (κ3) is 5.06. The highest BCUT2D eigenvalue weighted by atomic mass is 32.1. The summed E-state index contributed by atoms with van der Waals surface area (Å²) in [5.41, 5.74) is 2.36. The predicted octanol–water partition coefficient (Wildman–Crippen LogP) is 2.30. The summed E-state index contributed by atoms with van der Waals surface area (Å²) in [5.74, 6) is 0. The topological polar surface area (TPSA) is 39.8 Å². The SMILES string of the molecule is S=C(NCCCN1CCOCC1)Nc1ccccc1N1CCCC1. The van der Waals surface area contributed by atoms with Gasteiger partial charge in [0.2, 0.25) is 0 Å². The Morgan fingerprint density at radius 2 is 1.83 bits per heavy atom. The van der Waals surface area contributed by atoms with E-state index in [4.69, 9.17) is 17.0 Å². The average Bonchev–Trinajstić information content (AvgIpc) is 3.15. The molecular formula is C18H28N4OS. The molecule has 0 spiro atoms. The molecule has 24 heavy (non-hydrogen) atoms. The summed E-state index contributed by atoms with van der Waals surface area (Å²) in [7, 11) is 0. The van der Waals surface area contributed by atoms with Gasteiger partial charge in [-0.15, -0.1) is 0 Å². The highest BCUT2D eigenvalue weighted by molar-refractivity contribution is 7.80. The van der Waals surface area contributed by atoms with E-state index in [0.717, 1.165) is 64.6 Å². The van der Waals surface area contributed by atoms with Crippen molar-refractivity contribution in [1.82, 2.24) is 10.2 Å². The van der Waals surface area contributed by atoms with E-state index in [1.54, 1.807) is 0 Å². The normalized spacial score (nSPS) is 18.6. The molecule has 0 bridgehead atoms. The number of anilines is 2. The largest absolute Gasteiger partial charge is 0.379 e. The summed E-state index contributed by atoms with van der Waals surface area (Å²) in [5, 5.41) is 7.42. The fraction of sp³-hybridized carbons (Fsp3) is 0.611. The lowest BCUT2D eigenvalue weighted by Gasteiger charge is -2.26. The van der Waals surface area contributed by atoms with Crippen molar-refractivity contribution < 1.29 is 4.74 Å². The maximum atomic E-state index is 5.47. The Bertz CT molecular complexity index is 528. The molecule has 1 aromatic rings. The van der Waals surface area contributed by atoms with Crippen molar-refractivity contribution >= 4 is 28.7 Å². The molecule has 2 aliphatic rings. The molecule has 0 unspecified atom stereocenters. The molecule has 2 N–H and O–H groups in total. The van der Waals surface area contributed by atoms with Gasteiger partial charge < -0.3 is 20.3 Å². The van der Waals surface area contributed by atoms with Crippen LogP contribution in [0.3, 0.4) is 0 Å². The lowest BCUT2D eigenvalue weighted by Crippen LogP contribution is -2.38. The van der Waals surface area contributed by atoms with Crippen molar-refractivity contribution in [3.05, 3.63) is 24.3 Å². The van der Waals surface area contributed by atoms with E-state index in [9.17, 15) is 0 Å². The zero-order chi connectivity index (χ0) is 16.6. The maximum Gasteiger partial charge on any atom is 0.170 e. The molecule has 6 heteroatoms. The second-order valence-corrected chi connectivity index (χ2v) is 6.81. The van der Waals surface area contributed by atoms with E-state index >= 15 is 0 Å². The van der Waals surface area contributed by atoms with Crippen LogP contribution in [0.2, 0.25) is 0 Å². The Kier molecular flexibility index (Phi) is 6.69. The molecule has 5 nitrogen and oxygen atoms in total. The van der Waals surface area contributed by atoms with Crippen LogP contribution in [0.15, 0.2) is 24.3 Å². The Balaban J connectivity index is 1.41. The van der Waals surface area contributed by atoms with Gasteiger partial charge in [0.25, 0.3) is 0 Å². The van der Waals surface area contributed by atoms with Crippen molar-refractivity contribution in [1.29, 1.82) is 0 Å². The summed E-state index contributed by atoms with van der Waals surface area (Å²) >= 11 is 5.47. The first kappa shape index (κ1) is 17.5. The first-order valence-corrected chi connectivity index (χ1v) is 9.43. The zero-order valence-corrected chi connectivity index (χ0v) is 15.1. The molecule has 132 valence electrons. The molecule has 0 saturated carbocycles. The van der Waals surface area contributed by atoms with Crippen molar-refractivity contribution in [3.63, 3.8) is 0 Å². The number of hydrogen-bond donors (Lipinski definition) is 2. The smallest absolute Gasteiger partial charge is 0.170 e. The summed E-state index contributed by atoms with van der Waals surface area (Å²) in [6.07, 6.45) is 3.65. The second kappa shape index (κ2) is 9.20. The van der Waals surface area contributed by atoms with E-state index in [0.29, 0.717) is 5.11 Å². The molecule has 2 heterocycles. The first-order valence-electron chi connectivity index (χ1n) is 9.02. The number of rotatable bonds is 6. The molecule has 2 saturated heterocycles. The lowest BCUT2D eigenvalue weighted by molar-refractivity contribution is 0.0376. The molecule has 0 radical (unpaired) electrons. The third-order valence-electron chi connectivity index (χ3n) is 4.64. The number of nitrogens with zero attached hydrogens (tertiary/aromatic N) is 2. The van der Waals surface area contributed by atoms with Gasteiger partial charge in [-0.3, -0.25) is 4.90 Å². The molecular weight excluding hydrogens is 320 g/mol. The highest BCUT2D eigenvalue weighted by Crippen LogP contribution is 2.28. The molecule has 2 aliphatic heterocycles. The second-order valence-electron chi connectivity index (χ2n) is 6.40. The van der Waals surface area contributed by atoms with Crippen LogP contribution in [0.4, 0.5) is 11.4 Å². The fourth-order valence-electron chi connectivity index (χ4n) is 3.31. The summed E-state index contributed by atoms with van der Waals surface area (Å²) in [4.78, 5) is 4.88. The van der Waals surface area contributed by atoms with Gasteiger partial charge in [-0.25, -0.2) is 0 Å². The maximum absolute atomic E-state index is 5.47. The summed E-state index contributed by atoms with van der Waals surface area (Å²) < 4.78 is 5.37. The number of para-hydroxylation sites is 2. The number of hydrogen-bond acceptors (Lipinski definition) is 4. The van der Waals surface area contributed by atoms with Crippen LogP contribution in [0.25, 0.3) is 0 Å². The Morgan fingerprint density at radius 1 is 1.08 bits per heavy atom. The van der Waals surface area contributed by atoms with Crippen LogP contribution in [0.5, 0.6) is 0 Å². The number of thiocarbonyl (C=S) groups is 1. The Morgan fingerprint density at radius 3 is 2.62 bits per heavy atom. The standard InChI is InChI=1S/C18H28N4OS/c24-18(19-8-5-9-21-12-14-23-15-13-21)20-16-6-1-2-7-17(16)22-10-3-4-11-22/h1-2,6-7H,3-5,8-15H2,(H2,19,20,24). The van der Waals surface area contributed by atoms with E-state index < -0.39 is 0 Å².